The molecule has 1 fully saturated rings. The molecule has 0 saturated carbocycles. The van der Waals surface area contributed by atoms with E-state index in [0.717, 1.165) is 30.0 Å². The van der Waals surface area contributed by atoms with Crippen LogP contribution < -0.4 is 4.90 Å². The summed E-state index contributed by atoms with van der Waals surface area (Å²) >= 11 is 0. The zero-order valence-corrected chi connectivity index (χ0v) is 25.1. The average molecular weight is 615 g/mol. The minimum atomic E-state index is -4.66. The number of carbonyl (C=O) groups excluding carboxylic acids is 3. The Balaban J connectivity index is 1.50. The highest BCUT2D eigenvalue weighted by Crippen LogP contribution is 2.44. The normalized spacial score (nSPS) is 19.4. The molecule has 2 unspecified atom stereocenters. The predicted molar refractivity (Wildman–Crippen MR) is 163 cm³/mol. The van der Waals surface area contributed by atoms with Crippen LogP contribution in [0.3, 0.4) is 0 Å². The summed E-state index contributed by atoms with van der Waals surface area (Å²) in [4.78, 5) is 46.9. The van der Waals surface area contributed by atoms with Crippen LogP contribution in [0.2, 0.25) is 0 Å². The number of nitriles is 1. The van der Waals surface area contributed by atoms with Crippen molar-refractivity contribution in [3.8, 4) is 6.07 Å². The van der Waals surface area contributed by atoms with Gasteiger partial charge in [-0.1, -0.05) is 48.5 Å². The number of nitrogens with zero attached hydrogens (tertiary/aromatic N) is 4. The highest BCUT2D eigenvalue weighted by molar-refractivity contribution is 6.15. The molecule has 0 aliphatic carbocycles. The van der Waals surface area contributed by atoms with Crippen molar-refractivity contribution in [1.29, 1.82) is 5.26 Å². The van der Waals surface area contributed by atoms with Gasteiger partial charge >= 0.3 is 6.18 Å². The number of alkyl halides is 3. The lowest BCUT2D eigenvalue weighted by atomic mass is 9.73. The van der Waals surface area contributed by atoms with Crippen molar-refractivity contribution in [2.45, 2.75) is 32.4 Å². The van der Waals surface area contributed by atoms with Crippen molar-refractivity contribution in [3.63, 3.8) is 0 Å². The van der Waals surface area contributed by atoms with E-state index in [4.69, 9.17) is 0 Å². The summed E-state index contributed by atoms with van der Waals surface area (Å²) in [5, 5.41) is 9.32. The molecular weight excluding hydrogens is 581 g/mol. The summed E-state index contributed by atoms with van der Waals surface area (Å²) in [6, 6.07) is 22.8. The molecule has 3 aromatic rings. The minimum Gasteiger partial charge on any atom is -0.339 e. The Bertz CT molecular complexity index is 1650. The molecule has 2 amide bonds. The Morgan fingerprint density at radius 2 is 1.60 bits per heavy atom. The van der Waals surface area contributed by atoms with Crippen molar-refractivity contribution in [3.05, 3.63) is 112 Å². The first-order valence-corrected chi connectivity index (χ1v) is 14.8. The molecule has 0 radical (unpaired) electrons. The Kier molecular flexibility index (Phi) is 9.21. The second kappa shape index (κ2) is 13.1. The van der Waals surface area contributed by atoms with Gasteiger partial charge in [-0.15, -0.1) is 0 Å². The summed E-state index contributed by atoms with van der Waals surface area (Å²) in [6.45, 7) is 5.54. The topological polar surface area (TPSA) is 84.7 Å². The highest BCUT2D eigenvalue weighted by atomic mass is 19.4. The van der Waals surface area contributed by atoms with E-state index in [1.165, 1.54) is 31.5 Å². The number of anilines is 1. The maximum Gasteiger partial charge on any atom is 0.416 e. The van der Waals surface area contributed by atoms with E-state index in [1.54, 1.807) is 29.2 Å². The van der Waals surface area contributed by atoms with Crippen molar-refractivity contribution in [2.24, 2.45) is 5.92 Å². The molecule has 10 heteroatoms. The van der Waals surface area contributed by atoms with Crippen molar-refractivity contribution < 1.29 is 27.6 Å². The fourth-order valence-electron chi connectivity index (χ4n) is 6.27. The van der Waals surface area contributed by atoms with Gasteiger partial charge in [-0.2, -0.15) is 18.4 Å². The molecule has 232 valence electrons. The van der Waals surface area contributed by atoms with E-state index in [1.807, 2.05) is 24.3 Å². The van der Waals surface area contributed by atoms with E-state index < -0.39 is 41.2 Å². The van der Waals surface area contributed by atoms with E-state index >= 15 is 0 Å². The summed E-state index contributed by atoms with van der Waals surface area (Å²) in [5.41, 5.74) is 1.37. The van der Waals surface area contributed by atoms with Gasteiger partial charge in [-0.3, -0.25) is 24.2 Å². The quantitative estimate of drug-likeness (QED) is 0.325. The van der Waals surface area contributed by atoms with Gasteiger partial charge in [-0.25, -0.2) is 0 Å². The number of halogens is 3. The van der Waals surface area contributed by atoms with Gasteiger partial charge in [0.15, 0.2) is 5.78 Å². The van der Waals surface area contributed by atoms with Gasteiger partial charge in [-0.05, 0) is 61.7 Å². The number of benzene rings is 3. The Morgan fingerprint density at radius 3 is 2.20 bits per heavy atom. The molecule has 2 atom stereocenters. The number of Topliss-reactive ketones (excluding diaryl/α,β-unsaturated/α-hetero) is 1. The van der Waals surface area contributed by atoms with E-state index in [0.29, 0.717) is 37.3 Å². The number of allylic oxidation sites excluding steroid dienone is 2. The summed E-state index contributed by atoms with van der Waals surface area (Å²) in [5.74, 6) is -3.97. The van der Waals surface area contributed by atoms with Crippen LogP contribution in [0.5, 0.6) is 0 Å². The molecule has 0 spiro atoms. The summed E-state index contributed by atoms with van der Waals surface area (Å²) in [7, 11) is 0. The van der Waals surface area contributed by atoms with Gasteiger partial charge in [0.2, 0.25) is 11.8 Å². The second-order valence-corrected chi connectivity index (χ2v) is 11.4. The van der Waals surface area contributed by atoms with Crippen LogP contribution in [0, 0.1) is 17.2 Å². The molecule has 0 N–H and O–H groups in total. The molecule has 2 aliphatic rings. The predicted octanol–water partition coefficient (Wildman–Crippen LogP) is 5.57. The molecule has 45 heavy (non-hydrogen) atoms. The van der Waals surface area contributed by atoms with Crippen LogP contribution in [0.15, 0.2) is 90.1 Å². The minimum absolute atomic E-state index is 0.0760. The van der Waals surface area contributed by atoms with E-state index in [9.17, 15) is 32.8 Å². The lowest BCUT2D eigenvalue weighted by Crippen LogP contribution is -2.56. The second-order valence-electron chi connectivity index (χ2n) is 11.4. The monoisotopic (exact) mass is 614 g/mol. The summed E-state index contributed by atoms with van der Waals surface area (Å²) in [6.07, 6.45) is -3.80. The molecule has 1 saturated heterocycles. The molecule has 0 aromatic heterocycles. The van der Waals surface area contributed by atoms with Crippen LogP contribution in [0.25, 0.3) is 0 Å². The van der Waals surface area contributed by atoms with Gasteiger partial charge in [0, 0.05) is 55.6 Å². The van der Waals surface area contributed by atoms with Crippen LogP contribution >= 0.6 is 0 Å². The number of amides is 2. The smallest absolute Gasteiger partial charge is 0.339 e. The van der Waals surface area contributed by atoms with Crippen molar-refractivity contribution in [2.75, 3.05) is 37.6 Å². The lowest BCUT2D eigenvalue weighted by molar-refractivity contribution is -0.143. The average Bonchev–Trinajstić information content (AvgIpc) is 3.03. The Morgan fingerprint density at radius 1 is 0.933 bits per heavy atom. The van der Waals surface area contributed by atoms with Crippen molar-refractivity contribution in [1.82, 2.24) is 9.80 Å². The van der Waals surface area contributed by atoms with Gasteiger partial charge < -0.3 is 4.90 Å². The maximum atomic E-state index is 14.4. The Hall–Kier alpha value is -4.75. The first-order valence-electron chi connectivity index (χ1n) is 14.8. The molecule has 2 aliphatic heterocycles. The largest absolute Gasteiger partial charge is 0.416 e. The zero-order valence-electron chi connectivity index (χ0n) is 25.1. The number of hydrogen-bond acceptors (Lipinski definition) is 5. The van der Waals surface area contributed by atoms with Crippen LogP contribution in [-0.4, -0.2) is 60.1 Å². The number of ketones is 1. The summed E-state index contributed by atoms with van der Waals surface area (Å²) < 4.78 is 41.0. The number of carbonyl (C=O) groups is 3. The lowest BCUT2D eigenvalue weighted by Gasteiger charge is -2.42. The number of rotatable bonds is 7. The van der Waals surface area contributed by atoms with Crippen LogP contribution in [0.4, 0.5) is 18.9 Å². The first kappa shape index (κ1) is 31.7. The molecule has 5 rings (SSSR count). The molecular formula is C35H33F3N4O3. The van der Waals surface area contributed by atoms with Gasteiger partial charge in [0.25, 0.3) is 0 Å². The van der Waals surface area contributed by atoms with E-state index in [-0.39, 0.29) is 17.0 Å². The van der Waals surface area contributed by atoms with Gasteiger partial charge in [0.1, 0.15) is 5.92 Å². The van der Waals surface area contributed by atoms with Crippen LogP contribution in [-0.2, 0) is 27.0 Å². The molecule has 0 bridgehead atoms. The third-order valence-electron chi connectivity index (χ3n) is 8.58. The zero-order chi connectivity index (χ0) is 32.3. The molecule has 2 heterocycles. The van der Waals surface area contributed by atoms with E-state index in [2.05, 4.69) is 17.0 Å². The number of hydrogen-bond donors (Lipinski definition) is 0. The fourth-order valence-corrected chi connectivity index (χ4v) is 6.27. The van der Waals surface area contributed by atoms with Crippen molar-refractivity contribution >= 4 is 23.3 Å². The third kappa shape index (κ3) is 6.69. The number of piperazine rings is 1. The third-order valence-corrected chi connectivity index (χ3v) is 8.58. The van der Waals surface area contributed by atoms with Gasteiger partial charge in [0.05, 0.1) is 17.2 Å². The standard InChI is InChI=1S/C35H33F3N4O3/c1-23-30(24(2)43)31(27-13-11-26(22-39)12-14-27)32(34(45)42(23)29-10-6-9-28(21-29)35(36,37)38)33(44)41-19-17-40(18-20-41)16-15-25-7-4-3-5-8-25/h3-14,21,31-32H,15-20H2,1-2H3. The first-order chi connectivity index (χ1) is 21.5. The Labute approximate surface area is 260 Å². The van der Waals surface area contributed by atoms with Crippen LogP contribution in [0.1, 0.15) is 42.0 Å². The highest BCUT2D eigenvalue weighted by Gasteiger charge is 2.49. The molecule has 7 nitrogen and oxygen atoms in total. The fraction of sp³-hybridized carbons (Fsp3) is 0.314. The molecule has 3 aromatic carbocycles. The maximum absolute atomic E-state index is 14.4. The SMILES string of the molecule is CC(=O)C1=C(C)N(c2cccc(C(F)(F)F)c2)C(=O)C(C(=O)N2CCN(CCc3ccccc3)CC2)C1c1ccc(C#N)cc1.